The molecule has 42 heavy (non-hydrogen) atoms. The summed E-state index contributed by atoms with van der Waals surface area (Å²) in [5.74, 6) is -1.91. The second-order valence-electron chi connectivity index (χ2n) is 14.0. The van der Waals surface area contributed by atoms with Gasteiger partial charge >= 0.3 is 5.97 Å². The minimum atomic E-state index is -1.05. The lowest BCUT2D eigenvalue weighted by atomic mass is 9.80. The molecule has 1 unspecified atom stereocenters. The number of fused-ring (bicyclic) bond motifs is 1. The van der Waals surface area contributed by atoms with Crippen LogP contribution in [0.4, 0.5) is 0 Å². The molecule has 0 spiro atoms. The molecular formula is C33H51N3O6. The van der Waals surface area contributed by atoms with Gasteiger partial charge in [-0.25, -0.2) is 0 Å². The summed E-state index contributed by atoms with van der Waals surface area (Å²) in [4.78, 5) is 67.5. The van der Waals surface area contributed by atoms with Crippen LogP contribution in [0.1, 0.15) is 105 Å². The average molecular weight is 586 g/mol. The molecule has 3 amide bonds. The van der Waals surface area contributed by atoms with Crippen molar-refractivity contribution in [2.75, 3.05) is 13.1 Å². The number of ether oxygens (including phenoxy) is 1. The molecule has 0 radical (unpaired) electrons. The maximum Gasteiger partial charge on any atom is 0.308 e. The van der Waals surface area contributed by atoms with E-state index in [1.807, 2.05) is 13.8 Å². The number of likely N-dealkylation sites (tertiary alicyclic amines) is 1. The van der Waals surface area contributed by atoms with E-state index >= 15 is 0 Å². The molecular weight excluding hydrogens is 534 g/mol. The molecule has 3 aliphatic carbocycles. The quantitative estimate of drug-likeness (QED) is 0.191. The first-order chi connectivity index (χ1) is 19.9. The van der Waals surface area contributed by atoms with Crippen LogP contribution in [0.15, 0.2) is 12.7 Å². The van der Waals surface area contributed by atoms with Crippen molar-refractivity contribution in [3.05, 3.63) is 12.7 Å². The smallest absolute Gasteiger partial charge is 0.308 e. The van der Waals surface area contributed by atoms with Gasteiger partial charge < -0.3 is 20.3 Å². The molecule has 1 saturated heterocycles. The van der Waals surface area contributed by atoms with Gasteiger partial charge in [0.15, 0.2) is 0 Å². The molecule has 2 N–H and O–H groups in total. The zero-order chi connectivity index (χ0) is 30.7. The highest BCUT2D eigenvalue weighted by Crippen LogP contribution is 2.65. The number of ketones is 1. The van der Waals surface area contributed by atoms with E-state index < -0.39 is 35.3 Å². The molecule has 0 aromatic heterocycles. The number of amides is 3. The number of piperidine rings is 1. The van der Waals surface area contributed by atoms with Crippen molar-refractivity contribution in [2.24, 2.45) is 29.1 Å². The predicted octanol–water partition coefficient (Wildman–Crippen LogP) is 4.09. The van der Waals surface area contributed by atoms with E-state index in [0.717, 1.165) is 51.4 Å². The third kappa shape index (κ3) is 7.08. The molecule has 1 aliphatic heterocycles. The molecule has 5 atom stereocenters. The summed E-state index contributed by atoms with van der Waals surface area (Å²) in [6.45, 7) is 12.4. The second-order valence-corrected chi connectivity index (χ2v) is 14.0. The van der Waals surface area contributed by atoms with E-state index in [9.17, 15) is 24.0 Å². The van der Waals surface area contributed by atoms with Gasteiger partial charge in [-0.2, -0.15) is 0 Å². The van der Waals surface area contributed by atoms with E-state index in [1.54, 1.807) is 11.0 Å². The zero-order valence-corrected chi connectivity index (χ0v) is 26.0. The summed E-state index contributed by atoms with van der Waals surface area (Å²) < 4.78 is 5.59. The van der Waals surface area contributed by atoms with Gasteiger partial charge in [0.05, 0.1) is 12.5 Å². The Morgan fingerprint density at radius 2 is 1.69 bits per heavy atom. The van der Waals surface area contributed by atoms with Crippen molar-refractivity contribution in [2.45, 2.75) is 122 Å². The number of esters is 1. The first-order valence-electron chi connectivity index (χ1n) is 16.2. The van der Waals surface area contributed by atoms with Crippen LogP contribution in [0.2, 0.25) is 0 Å². The van der Waals surface area contributed by atoms with E-state index in [1.165, 1.54) is 6.42 Å². The number of hydrogen-bond donors (Lipinski definition) is 2. The monoisotopic (exact) mass is 585 g/mol. The van der Waals surface area contributed by atoms with Crippen molar-refractivity contribution in [3.8, 4) is 0 Å². The summed E-state index contributed by atoms with van der Waals surface area (Å²) >= 11 is 0. The van der Waals surface area contributed by atoms with Crippen LogP contribution < -0.4 is 10.6 Å². The standard InChI is InChI=1S/C33H51N3O6/c1-6-7-15-24(28(38)30(40)34-19-16-25(37)42-33(5)17-11-12-18-33)35-29(39)27-26-23(32(26,3)4)20-36(27)31(41)21(2)22-13-9-8-10-14-22/h6,21-24,26-27H,1,7-20H2,2-5H3,(H,34,40)(H,35,39)/t21-,23-,24?,26-,27-/m0/s1. The van der Waals surface area contributed by atoms with Crippen LogP contribution in [-0.4, -0.2) is 65.1 Å². The van der Waals surface area contributed by atoms with Crippen LogP contribution in [0.3, 0.4) is 0 Å². The fraction of sp³-hybridized carbons (Fsp3) is 0.788. The average Bonchev–Trinajstić information content (AvgIpc) is 3.32. The van der Waals surface area contributed by atoms with Gasteiger partial charge in [-0.05, 0) is 81.5 Å². The summed E-state index contributed by atoms with van der Waals surface area (Å²) in [6.07, 6.45) is 11.5. The number of carbonyl (C=O) groups is 5. The molecule has 4 fully saturated rings. The SMILES string of the molecule is C=CCCC(NC(=O)[C@@H]1[C@@H]2[C@H](CN1C(=O)[C@@H](C)C1CCCCC1)C2(C)C)C(=O)C(=O)NCCC(=O)OC1(C)CCCC1. The Balaban J connectivity index is 1.36. The van der Waals surface area contributed by atoms with Gasteiger partial charge in [-0.15, -0.1) is 6.58 Å². The van der Waals surface area contributed by atoms with E-state index in [2.05, 4.69) is 31.1 Å². The number of Topliss-reactive ketones (excluding diaryl/α,β-unsaturated/α-hetero) is 1. The van der Waals surface area contributed by atoms with Crippen LogP contribution in [0.25, 0.3) is 0 Å². The van der Waals surface area contributed by atoms with Crippen LogP contribution in [0, 0.1) is 29.1 Å². The zero-order valence-electron chi connectivity index (χ0n) is 26.0. The van der Waals surface area contributed by atoms with Gasteiger partial charge in [0.25, 0.3) is 5.91 Å². The molecule has 9 nitrogen and oxygen atoms in total. The topological polar surface area (TPSA) is 122 Å². The molecule has 1 heterocycles. The number of hydrogen-bond acceptors (Lipinski definition) is 6. The van der Waals surface area contributed by atoms with Gasteiger partial charge in [0.1, 0.15) is 11.6 Å². The van der Waals surface area contributed by atoms with Gasteiger partial charge in [0, 0.05) is 19.0 Å². The summed E-state index contributed by atoms with van der Waals surface area (Å²) in [5, 5.41) is 5.37. The van der Waals surface area contributed by atoms with E-state index in [-0.39, 0.29) is 54.4 Å². The van der Waals surface area contributed by atoms with Crippen LogP contribution in [-0.2, 0) is 28.7 Å². The molecule has 0 bridgehead atoms. The summed E-state index contributed by atoms with van der Waals surface area (Å²) in [5.41, 5.74) is -0.509. The predicted molar refractivity (Wildman–Crippen MR) is 159 cm³/mol. The number of rotatable bonds is 13. The minimum Gasteiger partial charge on any atom is -0.459 e. The fourth-order valence-corrected chi connectivity index (χ4v) is 7.80. The maximum atomic E-state index is 13.8. The molecule has 3 saturated carbocycles. The first kappa shape index (κ1) is 32.2. The van der Waals surface area contributed by atoms with Gasteiger partial charge in [-0.3, -0.25) is 24.0 Å². The molecule has 4 rings (SSSR count). The van der Waals surface area contributed by atoms with Gasteiger partial charge in [-0.1, -0.05) is 46.1 Å². The second kappa shape index (κ2) is 13.3. The Hall–Kier alpha value is -2.71. The molecule has 234 valence electrons. The Bertz CT molecular complexity index is 1060. The third-order valence-electron chi connectivity index (χ3n) is 10.7. The largest absolute Gasteiger partial charge is 0.459 e. The Kier molecular flexibility index (Phi) is 10.2. The first-order valence-corrected chi connectivity index (χ1v) is 16.2. The molecule has 0 aromatic carbocycles. The Morgan fingerprint density at radius 3 is 2.33 bits per heavy atom. The maximum absolute atomic E-state index is 13.8. The summed E-state index contributed by atoms with van der Waals surface area (Å²) in [7, 11) is 0. The molecule has 0 aromatic rings. The van der Waals surface area contributed by atoms with E-state index in [0.29, 0.717) is 18.9 Å². The van der Waals surface area contributed by atoms with Crippen LogP contribution in [0.5, 0.6) is 0 Å². The highest BCUT2D eigenvalue weighted by molar-refractivity contribution is 6.38. The van der Waals surface area contributed by atoms with Crippen molar-refractivity contribution in [1.82, 2.24) is 15.5 Å². The van der Waals surface area contributed by atoms with Crippen molar-refractivity contribution in [1.29, 1.82) is 0 Å². The molecule has 4 aliphatic rings. The lowest BCUT2D eigenvalue weighted by Gasteiger charge is -2.35. The van der Waals surface area contributed by atoms with Gasteiger partial charge in [0.2, 0.25) is 17.6 Å². The minimum absolute atomic E-state index is 0.0233. The molecule has 9 heteroatoms. The number of carbonyl (C=O) groups excluding carboxylic acids is 5. The number of nitrogens with one attached hydrogen (secondary N) is 2. The van der Waals surface area contributed by atoms with Crippen molar-refractivity contribution < 1.29 is 28.7 Å². The lowest BCUT2D eigenvalue weighted by Crippen LogP contribution is -2.56. The highest BCUT2D eigenvalue weighted by Gasteiger charge is 2.69. The van der Waals surface area contributed by atoms with E-state index in [4.69, 9.17) is 4.74 Å². The highest BCUT2D eigenvalue weighted by atomic mass is 16.6. The Labute approximate surface area is 250 Å². The van der Waals surface area contributed by atoms with Crippen molar-refractivity contribution >= 4 is 29.5 Å². The third-order valence-corrected chi connectivity index (χ3v) is 10.7. The normalized spacial score (nSPS) is 27.3. The lowest BCUT2D eigenvalue weighted by molar-refractivity contribution is -0.157. The number of allylic oxidation sites excluding steroid dienone is 1. The Morgan fingerprint density at radius 1 is 1.02 bits per heavy atom. The van der Waals surface area contributed by atoms with Crippen molar-refractivity contribution in [3.63, 3.8) is 0 Å². The fourth-order valence-electron chi connectivity index (χ4n) is 7.80. The summed E-state index contributed by atoms with van der Waals surface area (Å²) in [6, 6.07) is -1.70. The number of nitrogens with zero attached hydrogens (tertiary/aromatic N) is 1. The van der Waals surface area contributed by atoms with Crippen LogP contribution >= 0.6 is 0 Å².